The molecule has 1 unspecified atom stereocenters. The van der Waals surface area contributed by atoms with E-state index in [9.17, 15) is 4.79 Å². The molecule has 1 N–H and O–H groups in total. The Morgan fingerprint density at radius 2 is 2.29 bits per heavy atom. The van der Waals surface area contributed by atoms with Gasteiger partial charge in [-0.15, -0.1) is 21.8 Å². The van der Waals surface area contributed by atoms with Gasteiger partial charge < -0.3 is 9.88 Å². The van der Waals surface area contributed by atoms with E-state index in [-0.39, 0.29) is 23.7 Å². The van der Waals surface area contributed by atoms with Crippen molar-refractivity contribution >= 4 is 17.5 Å². The van der Waals surface area contributed by atoms with Crippen LogP contribution in [0.15, 0.2) is 0 Å². The Morgan fingerprint density at radius 3 is 2.94 bits per heavy atom. The zero-order valence-electron chi connectivity index (χ0n) is 10.1. The van der Waals surface area contributed by atoms with E-state index >= 15 is 0 Å². The zero-order valence-corrected chi connectivity index (χ0v) is 10.9. The SMILES string of the molecule is CC(C)C(NC(=O)CCl)c1nnc2n1CCC2. The monoisotopic (exact) mass is 256 g/mol. The van der Waals surface area contributed by atoms with Crippen LogP contribution in [0, 0.1) is 5.92 Å². The van der Waals surface area contributed by atoms with Gasteiger partial charge in [0, 0.05) is 13.0 Å². The number of halogens is 1. The number of aryl methyl sites for hydroxylation is 1. The molecule has 1 aliphatic rings. The first kappa shape index (κ1) is 12.4. The van der Waals surface area contributed by atoms with Crippen LogP contribution in [-0.4, -0.2) is 26.6 Å². The number of carbonyl (C=O) groups is 1. The highest BCUT2D eigenvalue weighted by Gasteiger charge is 2.27. The second-order valence-electron chi connectivity index (χ2n) is 4.65. The Kier molecular flexibility index (Phi) is 3.66. The Hall–Kier alpha value is -1.10. The van der Waals surface area contributed by atoms with Crippen molar-refractivity contribution in [3.63, 3.8) is 0 Å². The summed E-state index contributed by atoms with van der Waals surface area (Å²) < 4.78 is 2.11. The second-order valence-corrected chi connectivity index (χ2v) is 4.92. The molecule has 2 rings (SSSR count). The molecule has 0 aromatic carbocycles. The minimum absolute atomic E-state index is 0.0236. The van der Waals surface area contributed by atoms with E-state index < -0.39 is 0 Å². The lowest BCUT2D eigenvalue weighted by atomic mass is 10.0. The standard InChI is InChI=1S/C11H17ClN4O/c1-7(2)10(13-9(17)6-12)11-15-14-8-4-3-5-16(8)11/h7,10H,3-6H2,1-2H3,(H,13,17). The molecule has 0 fully saturated rings. The third-order valence-corrected chi connectivity index (χ3v) is 3.26. The number of carbonyl (C=O) groups excluding carboxylic acids is 1. The summed E-state index contributed by atoms with van der Waals surface area (Å²) >= 11 is 5.52. The molecular formula is C11H17ClN4O. The van der Waals surface area contributed by atoms with Crippen LogP contribution in [0.25, 0.3) is 0 Å². The number of aromatic nitrogens is 3. The van der Waals surface area contributed by atoms with Crippen molar-refractivity contribution in [1.82, 2.24) is 20.1 Å². The Morgan fingerprint density at radius 1 is 1.53 bits per heavy atom. The van der Waals surface area contributed by atoms with Crippen LogP contribution < -0.4 is 5.32 Å². The molecule has 2 heterocycles. The molecule has 1 aromatic heterocycles. The minimum atomic E-state index is -0.166. The summed E-state index contributed by atoms with van der Waals surface area (Å²) in [5.74, 6) is 1.94. The van der Waals surface area contributed by atoms with Gasteiger partial charge in [0.15, 0.2) is 5.82 Å². The Bertz CT molecular complexity index is 416. The zero-order chi connectivity index (χ0) is 12.4. The van der Waals surface area contributed by atoms with Crippen LogP contribution in [0.2, 0.25) is 0 Å². The number of nitrogens with zero attached hydrogens (tertiary/aromatic N) is 3. The van der Waals surface area contributed by atoms with Gasteiger partial charge in [0.1, 0.15) is 11.7 Å². The van der Waals surface area contributed by atoms with Crippen LogP contribution in [-0.2, 0) is 17.8 Å². The van der Waals surface area contributed by atoms with Crippen molar-refractivity contribution < 1.29 is 4.79 Å². The quantitative estimate of drug-likeness (QED) is 0.826. The molecule has 5 nitrogen and oxygen atoms in total. The van der Waals surface area contributed by atoms with Gasteiger partial charge in [0.2, 0.25) is 5.91 Å². The fourth-order valence-electron chi connectivity index (χ4n) is 2.14. The van der Waals surface area contributed by atoms with E-state index in [1.807, 2.05) is 0 Å². The van der Waals surface area contributed by atoms with E-state index in [0.29, 0.717) is 0 Å². The molecule has 0 saturated heterocycles. The van der Waals surface area contributed by atoms with Gasteiger partial charge in [0.25, 0.3) is 0 Å². The van der Waals surface area contributed by atoms with Crippen molar-refractivity contribution in [3.05, 3.63) is 11.6 Å². The van der Waals surface area contributed by atoms with Gasteiger partial charge in [-0.1, -0.05) is 13.8 Å². The van der Waals surface area contributed by atoms with Crippen molar-refractivity contribution in [1.29, 1.82) is 0 Å². The van der Waals surface area contributed by atoms with E-state index in [0.717, 1.165) is 31.0 Å². The second kappa shape index (κ2) is 5.04. The number of hydrogen-bond acceptors (Lipinski definition) is 3. The highest BCUT2D eigenvalue weighted by Crippen LogP contribution is 2.24. The first-order valence-electron chi connectivity index (χ1n) is 5.90. The molecule has 94 valence electrons. The molecule has 1 amide bonds. The molecule has 0 aliphatic carbocycles. The van der Waals surface area contributed by atoms with Gasteiger partial charge in [-0.05, 0) is 12.3 Å². The molecule has 0 saturated carbocycles. The van der Waals surface area contributed by atoms with Gasteiger partial charge in [0.05, 0.1) is 6.04 Å². The fraction of sp³-hybridized carbons (Fsp3) is 0.727. The van der Waals surface area contributed by atoms with Crippen LogP contribution in [0.5, 0.6) is 0 Å². The van der Waals surface area contributed by atoms with Gasteiger partial charge in [-0.2, -0.15) is 0 Å². The van der Waals surface area contributed by atoms with Crippen molar-refractivity contribution in [3.8, 4) is 0 Å². The molecule has 0 radical (unpaired) electrons. The largest absolute Gasteiger partial charge is 0.345 e. The molecule has 0 spiro atoms. The number of amides is 1. The maximum absolute atomic E-state index is 11.4. The maximum Gasteiger partial charge on any atom is 0.235 e. The summed E-state index contributed by atoms with van der Waals surface area (Å²) in [7, 11) is 0. The van der Waals surface area contributed by atoms with Crippen LogP contribution >= 0.6 is 11.6 Å². The normalized spacial score (nSPS) is 16.0. The number of fused-ring (bicyclic) bond motifs is 1. The smallest absolute Gasteiger partial charge is 0.235 e. The molecule has 6 heteroatoms. The minimum Gasteiger partial charge on any atom is -0.345 e. The van der Waals surface area contributed by atoms with E-state index in [1.165, 1.54) is 0 Å². The number of rotatable bonds is 4. The number of hydrogen-bond donors (Lipinski definition) is 1. The number of nitrogens with one attached hydrogen (secondary N) is 1. The van der Waals surface area contributed by atoms with Crippen molar-refractivity contribution in [2.75, 3.05) is 5.88 Å². The van der Waals surface area contributed by atoms with Gasteiger partial charge in [-0.25, -0.2) is 0 Å². The summed E-state index contributed by atoms with van der Waals surface area (Å²) in [6, 6.07) is -0.111. The highest BCUT2D eigenvalue weighted by molar-refractivity contribution is 6.27. The first-order chi connectivity index (χ1) is 8.13. The molecular weight excluding hydrogens is 240 g/mol. The average molecular weight is 257 g/mol. The summed E-state index contributed by atoms with van der Waals surface area (Å²) in [5.41, 5.74) is 0. The first-order valence-corrected chi connectivity index (χ1v) is 6.44. The summed E-state index contributed by atoms with van der Waals surface area (Å²) in [4.78, 5) is 11.4. The third-order valence-electron chi connectivity index (χ3n) is 3.02. The maximum atomic E-state index is 11.4. The summed E-state index contributed by atoms with van der Waals surface area (Å²) in [6.45, 7) is 5.04. The van der Waals surface area contributed by atoms with E-state index in [1.54, 1.807) is 0 Å². The van der Waals surface area contributed by atoms with Gasteiger partial charge >= 0.3 is 0 Å². The van der Waals surface area contributed by atoms with E-state index in [4.69, 9.17) is 11.6 Å². The molecule has 1 atom stereocenters. The Labute approximate surface area is 106 Å². The van der Waals surface area contributed by atoms with E-state index in [2.05, 4.69) is 33.9 Å². The van der Waals surface area contributed by atoms with Gasteiger partial charge in [-0.3, -0.25) is 4.79 Å². The molecule has 1 aliphatic heterocycles. The fourth-order valence-corrected chi connectivity index (χ4v) is 2.22. The van der Waals surface area contributed by atoms with Crippen LogP contribution in [0.1, 0.15) is 38.0 Å². The Balaban J connectivity index is 2.23. The summed E-state index contributed by atoms with van der Waals surface area (Å²) in [5, 5.41) is 11.3. The predicted octanol–water partition coefficient (Wildman–Crippen LogP) is 1.28. The average Bonchev–Trinajstić information content (AvgIpc) is 2.87. The topological polar surface area (TPSA) is 59.8 Å². The summed E-state index contributed by atoms with van der Waals surface area (Å²) in [6.07, 6.45) is 2.08. The molecule has 1 aromatic rings. The highest BCUT2D eigenvalue weighted by atomic mass is 35.5. The molecule has 0 bridgehead atoms. The van der Waals surface area contributed by atoms with Crippen LogP contribution in [0.3, 0.4) is 0 Å². The van der Waals surface area contributed by atoms with Crippen molar-refractivity contribution in [2.45, 2.75) is 39.3 Å². The van der Waals surface area contributed by atoms with Crippen molar-refractivity contribution in [2.24, 2.45) is 5.92 Å². The third kappa shape index (κ3) is 2.44. The lowest BCUT2D eigenvalue weighted by Gasteiger charge is -2.21. The lowest BCUT2D eigenvalue weighted by Crippen LogP contribution is -2.34. The number of alkyl halides is 1. The lowest BCUT2D eigenvalue weighted by molar-refractivity contribution is -0.119. The molecule has 17 heavy (non-hydrogen) atoms. The van der Waals surface area contributed by atoms with Crippen LogP contribution in [0.4, 0.5) is 0 Å². The predicted molar refractivity (Wildman–Crippen MR) is 64.8 cm³/mol.